The van der Waals surface area contributed by atoms with E-state index in [-0.39, 0.29) is 10.8 Å². The number of hydrogen-bond acceptors (Lipinski definition) is 1. The van der Waals surface area contributed by atoms with E-state index >= 15 is 0 Å². The summed E-state index contributed by atoms with van der Waals surface area (Å²) >= 11 is 0. The average molecular weight is 280 g/mol. The van der Waals surface area contributed by atoms with Crippen LogP contribution in [-0.2, 0) is 5.41 Å². The summed E-state index contributed by atoms with van der Waals surface area (Å²) in [4.78, 5) is 0. The number of hydrogen-bond donors (Lipinski definition) is 1. The van der Waals surface area contributed by atoms with Crippen molar-refractivity contribution in [1.82, 2.24) is 0 Å². The monoisotopic (exact) mass is 280 g/mol. The molecule has 0 aliphatic heterocycles. The van der Waals surface area contributed by atoms with Gasteiger partial charge in [0, 0.05) is 5.41 Å². The van der Waals surface area contributed by atoms with Crippen LogP contribution in [0.2, 0.25) is 0 Å². The molecule has 0 spiro atoms. The summed E-state index contributed by atoms with van der Waals surface area (Å²) in [6.07, 6.45) is 3.55. The van der Waals surface area contributed by atoms with Gasteiger partial charge in [0.2, 0.25) is 0 Å². The van der Waals surface area contributed by atoms with Gasteiger partial charge in [-0.25, -0.2) is 0 Å². The maximum Gasteiger partial charge on any atom is 0.0769 e. The molecule has 2 aromatic rings. The minimum atomic E-state index is -0.646. The van der Waals surface area contributed by atoms with Crippen LogP contribution in [0, 0.1) is 11.3 Å². The van der Waals surface area contributed by atoms with Gasteiger partial charge in [-0.2, -0.15) is 0 Å². The fourth-order valence-electron chi connectivity index (χ4n) is 5.36. The molecule has 2 aliphatic carbocycles. The second-order valence-electron chi connectivity index (χ2n) is 7.80. The minimum Gasteiger partial charge on any atom is -0.389 e. The van der Waals surface area contributed by atoms with Gasteiger partial charge < -0.3 is 5.11 Å². The Hall–Kier alpha value is -1.34. The molecule has 0 amide bonds. The van der Waals surface area contributed by atoms with Gasteiger partial charge in [-0.05, 0) is 53.9 Å². The van der Waals surface area contributed by atoms with Crippen LogP contribution >= 0.6 is 0 Å². The Kier molecular flexibility index (Phi) is 2.47. The van der Waals surface area contributed by atoms with E-state index < -0.39 is 5.60 Å². The third-order valence-electron chi connectivity index (χ3n) is 7.09. The van der Waals surface area contributed by atoms with E-state index in [1.807, 2.05) is 0 Å². The van der Waals surface area contributed by atoms with Gasteiger partial charge in [-0.15, -0.1) is 0 Å². The van der Waals surface area contributed by atoms with Crippen LogP contribution in [0.25, 0.3) is 10.8 Å². The minimum absolute atomic E-state index is 0.0589. The highest BCUT2D eigenvalue weighted by Gasteiger charge is 2.68. The Morgan fingerprint density at radius 2 is 1.71 bits per heavy atom. The molecule has 2 aromatic carbocycles. The van der Waals surface area contributed by atoms with Gasteiger partial charge in [0.15, 0.2) is 0 Å². The second-order valence-corrected chi connectivity index (χ2v) is 7.80. The smallest absolute Gasteiger partial charge is 0.0769 e. The lowest BCUT2D eigenvalue weighted by atomic mass is 9.57. The Balaban J connectivity index is 2.00. The molecule has 2 aliphatic rings. The summed E-state index contributed by atoms with van der Waals surface area (Å²) in [6.45, 7) is 6.65. The lowest BCUT2D eigenvalue weighted by Gasteiger charge is -2.51. The molecule has 4 unspecified atom stereocenters. The lowest BCUT2D eigenvalue weighted by molar-refractivity contribution is -0.0995. The van der Waals surface area contributed by atoms with Crippen molar-refractivity contribution < 1.29 is 5.11 Å². The summed E-state index contributed by atoms with van der Waals surface area (Å²) in [5.74, 6) is 0.586. The summed E-state index contributed by atoms with van der Waals surface area (Å²) in [5, 5.41) is 14.1. The molecule has 1 N–H and O–H groups in total. The molecule has 4 atom stereocenters. The fourth-order valence-corrected chi connectivity index (χ4v) is 5.36. The molecule has 1 nitrogen and oxygen atoms in total. The maximum atomic E-state index is 11.5. The molecule has 0 radical (unpaired) electrons. The number of fused-ring (bicyclic) bond motifs is 3. The van der Waals surface area contributed by atoms with Gasteiger partial charge in [0.05, 0.1) is 5.60 Å². The van der Waals surface area contributed by atoms with Crippen molar-refractivity contribution in [2.75, 3.05) is 0 Å². The highest BCUT2D eigenvalue weighted by atomic mass is 16.3. The topological polar surface area (TPSA) is 20.2 Å². The zero-order valence-electron chi connectivity index (χ0n) is 13.2. The first-order valence-electron chi connectivity index (χ1n) is 8.11. The van der Waals surface area contributed by atoms with Crippen LogP contribution in [0.15, 0.2) is 42.5 Å². The Morgan fingerprint density at radius 3 is 2.43 bits per heavy atom. The Labute approximate surface area is 127 Å². The molecule has 21 heavy (non-hydrogen) atoms. The van der Waals surface area contributed by atoms with E-state index in [9.17, 15) is 5.11 Å². The number of benzene rings is 2. The van der Waals surface area contributed by atoms with E-state index in [1.54, 1.807) is 0 Å². The molecule has 0 aromatic heterocycles. The Bertz CT molecular complexity index is 711. The molecule has 1 heteroatoms. The van der Waals surface area contributed by atoms with Crippen molar-refractivity contribution in [2.24, 2.45) is 11.3 Å². The highest BCUT2D eigenvalue weighted by molar-refractivity contribution is 5.87. The van der Waals surface area contributed by atoms with E-state index in [0.717, 1.165) is 12.8 Å². The molecule has 110 valence electrons. The molecule has 0 heterocycles. The molecular formula is C20H24O. The van der Waals surface area contributed by atoms with Gasteiger partial charge in [-0.1, -0.05) is 56.3 Å². The number of rotatable bonds is 1. The van der Waals surface area contributed by atoms with Crippen molar-refractivity contribution in [3.05, 3.63) is 48.0 Å². The summed E-state index contributed by atoms with van der Waals surface area (Å²) in [7, 11) is 0. The summed E-state index contributed by atoms with van der Waals surface area (Å²) < 4.78 is 0. The molecule has 2 saturated carbocycles. The maximum absolute atomic E-state index is 11.5. The quantitative estimate of drug-likeness (QED) is 0.805. The third kappa shape index (κ3) is 1.41. The van der Waals surface area contributed by atoms with E-state index in [0.29, 0.717) is 5.92 Å². The van der Waals surface area contributed by atoms with Crippen molar-refractivity contribution in [3.8, 4) is 0 Å². The van der Waals surface area contributed by atoms with Gasteiger partial charge >= 0.3 is 0 Å². The van der Waals surface area contributed by atoms with Crippen LogP contribution in [0.5, 0.6) is 0 Å². The zero-order chi connectivity index (χ0) is 14.9. The van der Waals surface area contributed by atoms with Gasteiger partial charge in [0.1, 0.15) is 0 Å². The van der Waals surface area contributed by atoms with Crippen LogP contribution in [0.3, 0.4) is 0 Å². The molecule has 0 saturated heterocycles. The summed E-state index contributed by atoms with van der Waals surface area (Å²) in [5.41, 5.74) is 0.594. The average Bonchev–Trinajstić information content (AvgIpc) is 2.95. The standard InChI is InChI=1S/C20H24O/c1-18-12-11-15(13-18)19(2,20(18,3)21)17-10-6-8-14-7-4-5-9-16(14)17/h4-10,15,21H,11-13H2,1-3H3. The summed E-state index contributed by atoms with van der Waals surface area (Å²) in [6, 6.07) is 15.1. The predicted octanol–water partition coefficient (Wildman–Crippen LogP) is 4.67. The predicted molar refractivity (Wildman–Crippen MR) is 87.4 cm³/mol. The van der Waals surface area contributed by atoms with E-state index in [1.165, 1.54) is 22.8 Å². The van der Waals surface area contributed by atoms with Crippen molar-refractivity contribution in [2.45, 2.75) is 51.0 Å². The van der Waals surface area contributed by atoms with Crippen molar-refractivity contribution in [1.29, 1.82) is 0 Å². The molecular weight excluding hydrogens is 256 g/mol. The molecule has 2 fully saturated rings. The Morgan fingerprint density at radius 1 is 1.00 bits per heavy atom. The first kappa shape index (κ1) is 13.3. The van der Waals surface area contributed by atoms with Crippen molar-refractivity contribution >= 4 is 10.8 Å². The first-order valence-corrected chi connectivity index (χ1v) is 8.11. The van der Waals surface area contributed by atoms with E-state index in [2.05, 4.69) is 63.2 Å². The molecule has 4 rings (SSSR count). The van der Waals surface area contributed by atoms with Crippen LogP contribution in [-0.4, -0.2) is 10.7 Å². The lowest BCUT2D eigenvalue weighted by Crippen LogP contribution is -2.55. The normalized spacial score (nSPS) is 41.8. The zero-order valence-corrected chi connectivity index (χ0v) is 13.2. The van der Waals surface area contributed by atoms with Gasteiger partial charge in [-0.3, -0.25) is 0 Å². The SMILES string of the molecule is CC12CCC(C1)C(C)(c1cccc3ccccc13)C2(C)O. The van der Waals surface area contributed by atoms with Crippen LogP contribution in [0.4, 0.5) is 0 Å². The number of aliphatic hydroxyl groups is 1. The van der Waals surface area contributed by atoms with Gasteiger partial charge in [0.25, 0.3) is 0 Å². The van der Waals surface area contributed by atoms with Crippen LogP contribution < -0.4 is 0 Å². The van der Waals surface area contributed by atoms with Crippen molar-refractivity contribution in [3.63, 3.8) is 0 Å². The second kappa shape index (κ2) is 3.89. The fraction of sp³-hybridized carbons (Fsp3) is 0.500. The molecule has 2 bridgehead atoms. The van der Waals surface area contributed by atoms with Crippen LogP contribution in [0.1, 0.15) is 45.6 Å². The van der Waals surface area contributed by atoms with E-state index in [4.69, 9.17) is 0 Å². The third-order valence-corrected chi connectivity index (χ3v) is 7.09. The first-order chi connectivity index (χ1) is 9.90. The largest absolute Gasteiger partial charge is 0.389 e. The highest BCUT2D eigenvalue weighted by Crippen LogP contribution is 2.68.